The number of rotatable bonds is 4. The summed E-state index contributed by atoms with van der Waals surface area (Å²) in [6.45, 7) is 7.30. The third kappa shape index (κ3) is 5.17. The highest BCUT2D eigenvalue weighted by molar-refractivity contribution is 7.89. The molecule has 1 fully saturated rings. The maximum absolute atomic E-state index is 12.6. The first-order valence-corrected chi connectivity index (χ1v) is 9.60. The van der Waals surface area contributed by atoms with Gasteiger partial charge in [-0.3, -0.25) is 9.69 Å². The van der Waals surface area contributed by atoms with Crippen LogP contribution in [0.4, 0.5) is 0 Å². The van der Waals surface area contributed by atoms with Crippen LogP contribution in [-0.4, -0.2) is 61.9 Å². The first kappa shape index (κ1) is 19.2. The number of nitrogens with zero attached hydrogens (tertiary/aromatic N) is 2. The van der Waals surface area contributed by atoms with E-state index >= 15 is 0 Å². The lowest BCUT2D eigenvalue weighted by molar-refractivity contribution is -0.156. The van der Waals surface area contributed by atoms with Crippen molar-refractivity contribution < 1.29 is 17.9 Å². The molecular formula is C16H23ClN2O4S. The lowest BCUT2D eigenvalue weighted by atomic mass is 10.2. The summed E-state index contributed by atoms with van der Waals surface area (Å²) in [4.78, 5) is 14.0. The Bertz CT molecular complexity index is 675. The van der Waals surface area contributed by atoms with E-state index in [-0.39, 0.29) is 17.4 Å². The maximum atomic E-state index is 12.6. The third-order valence-electron chi connectivity index (χ3n) is 3.56. The fourth-order valence-electron chi connectivity index (χ4n) is 2.44. The van der Waals surface area contributed by atoms with Gasteiger partial charge in [-0.25, -0.2) is 8.42 Å². The molecule has 0 aliphatic carbocycles. The van der Waals surface area contributed by atoms with Crippen molar-refractivity contribution in [1.29, 1.82) is 0 Å². The Hall–Kier alpha value is -1.15. The number of piperazine rings is 1. The fraction of sp³-hybridized carbons (Fsp3) is 0.562. The summed E-state index contributed by atoms with van der Waals surface area (Å²) in [5, 5.41) is 0.496. The number of esters is 1. The first-order chi connectivity index (χ1) is 11.1. The minimum absolute atomic E-state index is 0.173. The molecule has 0 N–H and O–H groups in total. The minimum Gasteiger partial charge on any atom is -0.459 e. The number of benzene rings is 1. The van der Waals surface area contributed by atoms with Gasteiger partial charge < -0.3 is 4.74 Å². The van der Waals surface area contributed by atoms with Crippen molar-refractivity contribution in [2.75, 3.05) is 32.7 Å². The van der Waals surface area contributed by atoms with E-state index in [0.717, 1.165) is 0 Å². The van der Waals surface area contributed by atoms with Crippen LogP contribution in [0.3, 0.4) is 0 Å². The van der Waals surface area contributed by atoms with Crippen LogP contribution in [0.15, 0.2) is 29.2 Å². The smallest absolute Gasteiger partial charge is 0.320 e. The van der Waals surface area contributed by atoms with Crippen molar-refractivity contribution >= 4 is 27.6 Å². The lowest BCUT2D eigenvalue weighted by Crippen LogP contribution is -2.50. The molecule has 6 nitrogen and oxygen atoms in total. The summed E-state index contributed by atoms with van der Waals surface area (Å²) in [5.74, 6) is -0.295. The Labute approximate surface area is 148 Å². The number of sulfonamides is 1. The van der Waals surface area contributed by atoms with Gasteiger partial charge >= 0.3 is 5.97 Å². The Morgan fingerprint density at radius 3 is 2.17 bits per heavy atom. The van der Waals surface area contributed by atoms with Crippen molar-refractivity contribution in [3.05, 3.63) is 29.3 Å². The van der Waals surface area contributed by atoms with Crippen LogP contribution in [-0.2, 0) is 19.6 Å². The molecule has 1 aromatic carbocycles. The molecule has 0 amide bonds. The second-order valence-corrected chi connectivity index (χ2v) is 9.09. The van der Waals surface area contributed by atoms with Gasteiger partial charge in [0.1, 0.15) is 5.60 Å². The normalized spacial score (nSPS) is 17.7. The molecule has 1 aliphatic rings. The van der Waals surface area contributed by atoms with Crippen LogP contribution in [0, 0.1) is 0 Å². The van der Waals surface area contributed by atoms with Crippen LogP contribution in [0.2, 0.25) is 5.02 Å². The summed E-state index contributed by atoms with van der Waals surface area (Å²) in [5.41, 5.74) is -0.517. The fourth-order valence-corrected chi connectivity index (χ4v) is 3.99. The van der Waals surface area contributed by atoms with E-state index in [1.165, 1.54) is 16.4 Å². The monoisotopic (exact) mass is 374 g/mol. The van der Waals surface area contributed by atoms with Gasteiger partial charge in [0.25, 0.3) is 0 Å². The van der Waals surface area contributed by atoms with E-state index in [9.17, 15) is 13.2 Å². The summed E-state index contributed by atoms with van der Waals surface area (Å²) in [6.07, 6.45) is 0. The highest BCUT2D eigenvalue weighted by Crippen LogP contribution is 2.20. The largest absolute Gasteiger partial charge is 0.459 e. The van der Waals surface area contributed by atoms with Crippen LogP contribution < -0.4 is 0 Å². The molecule has 134 valence electrons. The van der Waals surface area contributed by atoms with Crippen molar-refractivity contribution in [2.24, 2.45) is 0 Å². The molecule has 1 aromatic rings. The first-order valence-electron chi connectivity index (χ1n) is 7.78. The SMILES string of the molecule is CC(C)(C)OC(=O)CN1CCN(S(=O)(=O)c2ccc(Cl)cc2)CC1. The maximum Gasteiger partial charge on any atom is 0.320 e. The topological polar surface area (TPSA) is 66.9 Å². The van der Waals surface area contributed by atoms with Gasteiger partial charge in [-0.1, -0.05) is 11.6 Å². The second kappa shape index (κ2) is 7.39. The lowest BCUT2D eigenvalue weighted by Gasteiger charge is -2.33. The third-order valence-corrected chi connectivity index (χ3v) is 5.72. The van der Waals surface area contributed by atoms with E-state index in [1.807, 2.05) is 25.7 Å². The molecule has 2 rings (SSSR count). The van der Waals surface area contributed by atoms with Crippen LogP contribution >= 0.6 is 11.6 Å². The highest BCUT2D eigenvalue weighted by Gasteiger charge is 2.29. The molecule has 0 aromatic heterocycles. The molecule has 0 saturated carbocycles. The summed E-state index contributed by atoms with van der Waals surface area (Å²) >= 11 is 5.80. The van der Waals surface area contributed by atoms with Gasteiger partial charge in [-0.2, -0.15) is 4.31 Å². The van der Waals surface area contributed by atoms with Gasteiger partial charge in [0.05, 0.1) is 11.4 Å². The molecule has 1 heterocycles. The minimum atomic E-state index is -3.53. The van der Waals surface area contributed by atoms with Gasteiger partial charge in [-0.05, 0) is 45.0 Å². The zero-order chi connectivity index (χ0) is 18.0. The van der Waals surface area contributed by atoms with Crippen molar-refractivity contribution in [2.45, 2.75) is 31.3 Å². The molecule has 0 radical (unpaired) electrons. The van der Waals surface area contributed by atoms with Crippen LogP contribution in [0.25, 0.3) is 0 Å². The summed E-state index contributed by atoms with van der Waals surface area (Å²) < 4.78 is 31.9. The summed E-state index contributed by atoms with van der Waals surface area (Å²) in [7, 11) is -3.53. The van der Waals surface area contributed by atoms with Gasteiger partial charge in [-0.15, -0.1) is 0 Å². The van der Waals surface area contributed by atoms with E-state index in [1.54, 1.807) is 12.1 Å². The predicted octanol–water partition coefficient (Wildman–Crippen LogP) is 1.99. The van der Waals surface area contributed by atoms with E-state index in [2.05, 4.69) is 0 Å². The Morgan fingerprint density at radius 1 is 1.12 bits per heavy atom. The van der Waals surface area contributed by atoms with Crippen molar-refractivity contribution in [1.82, 2.24) is 9.21 Å². The Kier molecular flexibility index (Phi) is 5.91. The number of carbonyl (C=O) groups is 1. The predicted molar refractivity (Wildman–Crippen MR) is 92.5 cm³/mol. The van der Waals surface area contributed by atoms with Gasteiger partial charge in [0, 0.05) is 31.2 Å². The molecule has 24 heavy (non-hydrogen) atoms. The zero-order valence-electron chi connectivity index (χ0n) is 14.2. The van der Waals surface area contributed by atoms with Crippen molar-refractivity contribution in [3.8, 4) is 0 Å². The molecule has 1 aliphatic heterocycles. The summed E-state index contributed by atoms with van der Waals surface area (Å²) in [6, 6.07) is 6.13. The van der Waals surface area contributed by atoms with E-state index in [4.69, 9.17) is 16.3 Å². The van der Waals surface area contributed by atoms with Crippen LogP contribution in [0.5, 0.6) is 0 Å². The van der Waals surface area contributed by atoms with E-state index in [0.29, 0.717) is 31.2 Å². The van der Waals surface area contributed by atoms with Crippen LogP contribution in [0.1, 0.15) is 20.8 Å². The zero-order valence-corrected chi connectivity index (χ0v) is 15.7. The highest BCUT2D eigenvalue weighted by atomic mass is 35.5. The molecule has 0 atom stereocenters. The van der Waals surface area contributed by atoms with Gasteiger partial charge in [0.15, 0.2) is 0 Å². The molecule has 1 saturated heterocycles. The molecular weight excluding hydrogens is 352 g/mol. The average molecular weight is 375 g/mol. The molecule has 8 heteroatoms. The molecule has 0 spiro atoms. The molecule has 0 bridgehead atoms. The number of halogens is 1. The standard InChI is InChI=1S/C16H23ClN2O4S/c1-16(2,3)23-15(20)12-18-8-10-19(11-9-18)24(21,22)14-6-4-13(17)5-7-14/h4-7H,8-12H2,1-3H3. The van der Waals surface area contributed by atoms with E-state index < -0.39 is 15.6 Å². The molecule has 0 unspecified atom stereocenters. The average Bonchev–Trinajstić information content (AvgIpc) is 2.46. The number of hydrogen-bond acceptors (Lipinski definition) is 5. The number of ether oxygens (including phenoxy) is 1. The van der Waals surface area contributed by atoms with Gasteiger partial charge in [0.2, 0.25) is 10.0 Å². The quantitative estimate of drug-likeness (QED) is 0.754. The number of carbonyl (C=O) groups excluding carboxylic acids is 1. The number of hydrogen-bond donors (Lipinski definition) is 0. The van der Waals surface area contributed by atoms with Crippen molar-refractivity contribution in [3.63, 3.8) is 0 Å². The Morgan fingerprint density at radius 2 is 1.67 bits per heavy atom. The second-order valence-electron chi connectivity index (χ2n) is 6.72. The Balaban J connectivity index is 1.92.